The standard InChI is InChI=1S/C19H26N4O5S/c1-5-28-17(24)15-11-20-16(21-15)14(22-18(25)19(2,3)4)10-12-6-8-13(9-7-12)23-29(26)27/h6-9,11,14,23H,5,10H2,1-4H3,(H,20,21)(H,22,25)(H,26,27)/t14-/m0/s1. The molecule has 1 aromatic carbocycles. The lowest BCUT2D eigenvalue weighted by Gasteiger charge is -2.23. The minimum atomic E-state index is -2.15. The van der Waals surface area contributed by atoms with Gasteiger partial charge >= 0.3 is 5.97 Å². The van der Waals surface area contributed by atoms with Crippen LogP contribution in [0.2, 0.25) is 0 Å². The summed E-state index contributed by atoms with van der Waals surface area (Å²) in [5.41, 5.74) is 0.968. The van der Waals surface area contributed by atoms with E-state index < -0.39 is 28.7 Å². The van der Waals surface area contributed by atoms with Crippen molar-refractivity contribution < 1.29 is 23.1 Å². The fourth-order valence-corrected chi connectivity index (χ4v) is 2.80. The molecule has 9 nitrogen and oxygen atoms in total. The second kappa shape index (κ2) is 9.66. The summed E-state index contributed by atoms with van der Waals surface area (Å²) >= 11 is -2.15. The molecule has 0 bridgehead atoms. The molecular weight excluding hydrogens is 396 g/mol. The van der Waals surface area contributed by atoms with Crippen LogP contribution in [0.25, 0.3) is 0 Å². The molecule has 29 heavy (non-hydrogen) atoms. The summed E-state index contributed by atoms with van der Waals surface area (Å²) in [6, 6.07) is 6.38. The number of hydrogen-bond acceptors (Lipinski definition) is 5. The van der Waals surface area contributed by atoms with Crippen molar-refractivity contribution >= 4 is 28.8 Å². The van der Waals surface area contributed by atoms with E-state index in [-0.39, 0.29) is 18.2 Å². The number of anilines is 1. The van der Waals surface area contributed by atoms with Crippen LogP contribution < -0.4 is 10.0 Å². The Morgan fingerprint density at radius 2 is 1.93 bits per heavy atom. The van der Waals surface area contributed by atoms with Crippen molar-refractivity contribution in [1.82, 2.24) is 15.3 Å². The van der Waals surface area contributed by atoms with Crippen LogP contribution in [-0.4, -0.2) is 37.2 Å². The van der Waals surface area contributed by atoms with Gasteiger partial charge in [-0.25, -0.2) is 14.0 Å². The van der Waals surface area contributed by atoms with E-state index in [4.69, 9.17) is 9.29 Å². The molecule has 2 rings (SSSR count). The fourth-order valence-electron chi connectivity index (χ4n) is 2.46. The largest absolute Gasteiger partial charge is 0.461 e. The van der Waals surface area contributed by atoms with Gasteiger partial charge in [-0.3, -0.25) is 14.1 Å². The number of rotatable bonds is 8. The molecular formula is C19H26N4O5S. The summed E-state index contributed by atoms with van der Waals surface area (Å²) in [7, 11) is 0. The third-order valence-corrected chi connectivity index (χ3v) is 4.42. The Hall–Kier alpha value is -2.72. The number of imidazole rings is 1. The first kappa shape index (κ1) is 22.6. The summed E-state index contributed by atoms with van der Waals surface area (Å²) in [6.45, 7) is 7.38. The molecule has 0 fully saturated rings. The first-order valence-corrected chi connectivity index (χ1v) is 10.2. The van der Waals surface area contributed by atoms with E-state index in [0.717, 1.165) is 5.56 Å². The van der Waals surface area contributed by atoms with E-state index in [1.54, 1.807) is 52.0 Å². The minimum Gasteiger partial charge on any atom is -0.461 e. The van der Waals surface area contributed by atoms with Crippen molar-refractivity contribution in [3.8, 4) is 0 Å². The van der Waals surface area contributed by atoms with Gasteiger partial charge < -0.3 is 15.0 Å². The van der Waals surface area contributed by atoms with Gasteiger partial charge in [0.2, 0.25) is 5.91 Å². The highest BCUT2D eigenvalue weighted by molar-refractivity contribution is 7.80. The van der Waals surface area contributed by atoms with E-state index in [2.05, 4.69) is 20.0 Å². The number of nitrogens with zero attached hydrogens (tertiary/aromatic N) is 1. The molecule has 2 aromatic rings. The summed E-state index contributed by atoms with van der Waals surface area (Å²) in [6.07, 6.45) is 1.78. The number of nitrogens with one attached hydrogen (secondary N) is 3. The molecule has 0 radical (unpaired) electrons. The highest BCUT2D eigenvalue weighted by Gasteiger charge is 2.27. The molecule has 158 valence electrons. The number of benzene rings is 1. The maximum absolute atomic E-state index is 12.5. The van der Waals surface area contributed by atoms with Gasteiger partial charge in [-0.2, -0.15) is 0 Å². The van der Waals surface area contributed by atoms with Crippen LogP contribution in [0.4, 0.5) is 5.69 Å². The van der Waals surface area contributed by atoms with Crippen LogP contribution in [0.5, 0.6) is 0 Å². The predicted molar refractivity (Wildman–Crippen MR) is 109 cm³/mol. The number of hydrogen-bond donors (Lipinski definition) is 4. The summed E-state index contributed by atoms with van der Waals surface area (Å²) in [5.74, 6) is -0.241. The highest BCUT2D eigenvalue weighted by atomic mass is 32.2. The van der Waals surface area contributed by atoms with Crippen LogP contribution in [0, 0.1) is 5.41 Å². The van der Waals surface area contributed by atoms with Gasteiger partial charge in [-0.05, 0) is 31.0 Å². The fraction of sp³-hybridized carbons (Fsp3) is 0.421. The van der Waals surface area contributed by atoms with Gasteiger partial charge in [0, 0.05) is 11.1 Å². The number of esters is 1. The molecule has 1 amide bonds. The molecule has 0 saturated carbocycles. The molecule has 1 aromatic heterocycles. The van der Waals surface area contributed by atoms with E-state index in [0.29, 0.717) is 17.9 Å². The normalized spacial score (nSPS) is 13.4. The highest BCUT2D eigenvalue weighted by Crippen LogP contribution is 2.21. The van der Waals surface area contributed by atoms with Crippen LogP contribution in [-0.2, 0) is 27.2 Å². The van der Waals surface area contributed by atoms with Crippen LogP contribution >= 0.6 is 0 Å². The molecule has 1 heterocycles. The molecule has 0 spiro atoms. The van der Waals surface area contributed by atoms with Gasteiger partial charge in [-0.1, -0.05) is 32.9 Å². The van der Waals surface area contributed by atoms with Crippen molar-refractivity contribution in [2.24, 2.45) is 5.41 Å². The Balaban J connectivity index is 2.24. The second-order valence-electron chi connectivity index (χ2n) is 7.43. The maximum atomic E-state index is 12.5. The Kier molecular flexibility index (Phi) is 7.52. The minimum absolute atomic E-state index is 0.162. The molecule has 2 atom stereocenters. The van der Waals surface area contributed by atoms with Gasteiger partial charge in [0.05, 0.1) is 18.8 Å². The van der Waals surface area contributed by atoms with E-state index in [1.807, 2.05) is 0 Å². The van der Waals surface area contributed by atoms with Gasteiger partial charge in [0.15, 0.2) is 0 Å². The lowest BCUT2D eigenvalue weighted by atomic mass is 9.94. The summed E-state index contributed by atoms with van der Waals surface area (Å²) in [5, 5.41) is 2.96. The summed E-state index contributed by atoms with van der Waals surface area (Å²) in [4.78, 5) is 31.6. The lowest BCUT2D eigenvalue weighted by Crippen LogP contribution is -2.38. The van der Waals surface area contributed by atoms with Gasteiger partial charge in [-0.15, -0.1) is 0 Å². The van der Waals surface area contributed by atoms with Crippen molar-refractivity contribution in [3.63, 3.8) is 0 Å². The third kappa shape index (κ3) is 6.68. The zero-order chi connectivity index (χ0) is 21.6. The first-order valence-electron chi connectivity index (χ1n) is 9.09. The van der Waals surface area contributed by atoms with E-state index in [9.17, 15) is 13.8 Å². The van der Waals surface area contributed by atoms with E-state index >= 15 is 0 Å². The molecule has 0 aliphatic carbocycles. The quantitative estimate of drug-likeness (QED) is 0.382. The zero-order valence-corrected chi connectivity index (χ0v) is 17.6. The number of amides is 1. The first-order chi connectivity index (χ1) is 13.6. The average Bonchev–Trinajstić information content (AvgIpc) is 3.12. The lowest BCUT2D eigenvalue weighted by molar-refractivity contribution is -0.129. The van der Waals surface area contributed by atoms with Crippen molar-refractivity contribution in [3.05, 3.63) is 47.5 Å². The third-order valence-electron chi connectivity index (χ3n) is 4.01. The number of ether oxygens (including phenoxy) is 1. The molecule has 0 aliphatic rings. The van der Waals surface area contributed by atoms with Crippen molar-refractivity contribution in [2.75, 3.05) is 11.3 Å². The number of carbonyl (C=O) groups excluding carboxylic acids is 2. The van der Waals surface area contributed by atoms with Crippen molar-refractivity contribution in [2.45, 2.75) is 40.2 Å². The predicted octanol–water partition coefficient (Wildman–Crippen LogP) is 2.58. The monoisotopic (exact) mass is 422 g/mol. The number of carbonyl (C=O) groups is 2. The smallest absolute Gasteiger partial charge is 0.356 e. The maximum Gasteiger partial charge on any atom is 0.356 e. The van der Waals surface area contributed by atoms with Crippen LogP contribution in [0.3, 0.4) is 0 Å². The number of aromatic nitrogens is 2. The molecule has 0 saturated heterocycles. The van der Waals surface area contributed by atoms with Crippen LogP contribution in [0.15, 0.2) is 30.5 Å². The summed E-state index contributed by atoms with van der Waals surface area (Å²) < 4.78 is 27.1. The molecule has 1 unspecified atom stereocenters. The molecule has 0 aliphatic heterocycles. The zero-order valence-electron chi connectivity index (χ0n) is 16.8. The Bertz CT molecular complexity index is 873. The average molecular weight is 423 g/mol. The second-order valence-corrected chi connectivity index (χ2v) is 8.13. The SMILES string of the molecule is CCOC(=O)c1cnc([C@H](Cc2ccc(NS(=O)O)cc2)NC(=O)C(C)(C)C)[nH]1. The van der Waals surface area contributed by atoms with Gasteiger partial charge in [0.25, 0.3) is 11.3 Å². The number of aromatic amines is 1. The number of H-pyrrole nitrogens is 1. The Labute approximate surface area is 172 Å². The van der Waals surface area contributed by atoms with Crippen LogP contribution in [0.1, 0.15) is 55.6 Å². The Morgan fingerprint density at radius 3 is 2.48 bits per heavy atom. The molecule has 10 heteroatoms. The topological polar surface area (TPSA) is 133 Å². The van der Waals surface area contributed by atoms with Gasteiger partial charge in [0.1, 0.15) is 11.5 Å². The Morgan fingerprint density at radius 1 is 1.28 bits per heavy atom. The van der Waals surface area contributed by atoms with Crippen molar-refractivity contribution in [1.29, 1.82) is 0 Å². The molecule has 4 N–H and O–H groups in total. The van der Waals surface area contributed by atoms with E-state index in [1.165, 1.54) is 6.20 Å².